The lowest BCUT2D eigenvalue weighted by molar-refractivity contribution is -0.141. The van der Waals surface area contributed by atoms with Crippen LogP contribution < -0.4 is 11.1 Å². The van der Waals surface area contributed by atoms with Gasteiger partial charge in [-0.05, 0) is 61.8 Å². The van der Waals surface area contributed by atoms with Gasteiger partial charge in [0.1, 0.15) is 0 Å². The van der Waals surface area contributed by atoms with E-state index in [4.69, 9.17) is 10.5 Å². The van der Waals surface area contributed by atoms with E-state index in [-0.39, 0.29) is 24.3 Å². The Balaban J connectivity index is 0.00000338. The first-order valence-corrected chi connectivity index (χ1v) is 9.26. The molecule has 0 aromatic heterocycles. The number of ether oxygens (including phenoxy) is 1. The Morgan fingerprint density at radius 2 is 1.73 bits per heavy atom. The summed E-state index contributed by atoms with van der Waals surface area (Å²) in [5, 5.41) is 3.06. The fourth-order valence-electron chi connectivity index (χ4n) is 3.48. The van der Waals surface area contributed by atoms with Gasteiger partial charge in [0.15, 0.2) is 0 Å². The number of halogens is 1. The lowest BCUT2D eigenvalue weighted by atomic mass is 9.80. The van der Waals surface area contributed by atoms with Crippen LogP contribution in [0.2, 0.25) is 0 Å². The van der Waals surface area contributed by atoms with Crippen LogP contribution in [-0.4, -0.2) is 32.1 Å². The standard InChI is InChI=1S/C20H30N2O3.ClH/c1-25-19(23)11-8-15-2-4-17(5-3-15)14-22-20(24)18-9-6-16(7-10-18)12-13-21;/h6-7,9-10,15,17H,2-5,8,11-14,21H2,1H3,(H,22,24);1H/t15-,17-;. The molecule has 6 heteroatoms. The van der Waals surface area contributed by atoms with Gasteiger partial charge in [-0.15, -0.1) is 12.4 Å². The van der Waals surface area contributed by atoms with Crippen molar-refractivity contribution in [1.82, 2.24) is 5.32 Å². The Labute approximate surface area is 162 Å². The van der Waals surface area contributed by atoms with Gasteiger partial charge in [0.05, 0.1) is 7.11 Å². The maximum atomic E-state index is 12.2. The lowest BCUT2D eigenvalue weighted by Gasteiger charge is -2.28. The topological polar surface area (TPSA) is 81.4 Å². The summed E-state index contributed by atoms with van der Waals surface area (Å²) in [7, 11) is 1.44. The Bertz CT molecular complexity index is 555. The summed E-state index contributed by atoms with van der Waals surface area (Å²) in [5.41, 5.74) is 7.40. The van der Waals surface area contributed by atoms with E-state index in [1.165, 1.54) is 7.11 Å². The van der Waals surface area contributed by atoms with Crippen LogP contribution in [0.25, 0.3) is 0 Å². The van der Waals surface area contributed by atoms with Crippen LogP contribution in [0.4, 0.5) is 0 Å². The van der Waals surface area contributed by atoms with Crippen LogP contribution in [0.15, 0.2) is 24.3 Å². The van der Waals surface area contributed by atoms with E-state index >= 15 is 0 Å². The minimum absolute atomic E-state index is 0. The number of methoxy groups -OCH3 is 1. The maximum absolute atomic E-state index is 12.2. The maximum Gasteiger partial charge on any atom is 0.305 e. The van der Waals surface area contributed by atoms with Crippen molar-refractivity contribution in [2.24, 2.45) is 17.6 Å². The van der Waals surface area contributed by atoms with E-state index in [9.17, 15) is 9.59 Å². The van der Waals surface area contributed by atoms with Crippen molar-refractivity contribution in [2.45, 2.75) is 44.9 Å². The van der Waals surface area contributed by atoms with E-state index in [1.807, 2.05) is 24.3 Å². The summed E-state index contributed by atoms with van der Waals surface area (Å²) >= 11 is 0. The molecule has 1 amide bonds. The molecule has 0 aliphatic heterocycles. The molecule has 1 aromatic carbocycles. The van der Waals surface area contributed by atoms with Gasteiger partial charge in [0.25, 0.3) is 5.91 Å². The molecule has 1 aliphatic rings. The zero-order valence-corrected chi connectivity index (χ0v) is 16.4. The van der Waals surface area contributed by atoms with Crippen LogP contribution in [0.3, 0.4) is 0 Å². The normalized spacial score (nSPS) is 19.3. The van der Waals surface area contributed by atoms with Gasteiger partial charge in [0, 0.05) is 18.5 Å². The molecular weight excluding hydrogens is 352 g/mol. The molecule has 3 N–H and O–H groups in total. The van der Waals surface area contributed by atoms with Crippen LogP contribution in [0, 0.1) is 11.8 Å². The van der Waals surface area contributed by atoms with Gasteiger partial charge < -0.3 is 15.8 Å². The molecule has 0 bridgehead atoms. The van der Waals surface area contributed by atoms with Crippen molar-refractivity contribution in [3.63, 3.8) is 0 Å². The number of hydrogen-bond acceptors (Lipinski definition) is 4. The van der Waals surface area contributed by atoms with Gasteiger partial charge in [-0.2, -0.15) is 0 Å². The predicted octanol–water partition coefficient (Wildman–Crippen LogP) is 3.10. The van der Waals surface area contributed by atoms with Crippen LogP contribution in [0.1, 0.15) is 54.4 Å². The number of nitrogens with two attached hydrogens (primary N) is 1. The molecule has 0 atom stereocenters. The number of rotatable bonds is 8. The van der Waals surface area contributed by atoms with Crippen LogP contribution >= 0.6 is 12.4 Å². The van der Waals surface area contributed by atoms with Crippen LogP contribution in [0.5, 0.6) is 0 Å². The van der Waals surface area contributed by atoms with E-state index in [0.29, 0.717) is 30.4 Å². The van der Waals surface area contributed by atoms with Gasteiger partial charge in [0.2, 0.25) is 0 Å². The van der Waals surface area contributed by atoms with Crippen molar-refractivity contribution >= 4 is 24.3 Å². The summed E-state index contributed by atoms with van der Waals surface area (Å²) in [6.07, 6.45) is 6.75. The van der Waals surface area contributed by atoms with Crippen molar-refractivity contribution < 1.29 is 14.3 Å². The van der Waals surface area contributed by atoms with Crippen molar-refractivity contribution in [1.29, 1.82) is 0 Å². The number of carbonyl (C=O) groups excluding carboxylic acids is 2. The SMILES string of the molecule is COC(=O)CC[C@H]1CC[C@H](CNC(=O)c2ccc(CCN)cc2)CC1.Cl. The highest BCUT2D eigenvalue weighted by Gasteiger charge is 2.22. The summed E-state index contributed by atoms with van der Waals surface area (Å²) in [6.45, 7) is 1.35. The van der Waals surface area contributed by atoms with E-state index in [0.717, 1.165) is 50.6 Å². The van der Waals surface area contributed by atoms with Crippen LogP contribution in [-0.2, 0) is 16.0 Å². The highest BCUT2D eigenvalue weighted by Crippen LogP contribution is 2.31. The average Bonchev–Trinajstić information content (AvgIpc) is 2.65. The Hall–Kier alpha value is -1.59. The quantitative estimate of drug-likeness (QED) is 0.677. The molecule has 1 aliphatic carbocycles. The third kappa shape index (κ3) is 7.34. The summed E-state index contributed by atoms with van der Waals surface area (Å²) < 4.78 is 4.70. The second-order valence-corrected chi connectivity index (χ2v) is 6.95. The Kier molecular flexibility index (Phi) is 10.3. The first-order chi connectivity index (χ1) is 12.1. The fourth-order valence-corrected chi connectivity index (χ4v) is 3.48. The van der Waals surface area contributed by atoms with Gasteiger partial charge in [-0.1, -0.05) is 25.0 Å². The average molecular weight is 383 g/mol. The van der Waals surface area contributed by atoms with Gasteiger partial charge in [-0.3, -0.25) is 9.59 Å². The number of nitrogens with one attached hydrogen (secondary N) is 1. The van der Waals surface area contributed by atoms with Gasteiger partial charge in [-0.25, -0.2) is 0 Å². The smallest absolute Gasteiger partial charge is 0.305 e. The van der Waals surface area contributed by atoms with E-state index in [2.05, 4.69) is 5.32 Å². The first-order valence-electron chi connectivity index (χ1n) is 9.26. The Morgan fingerprint density at radius 3 is 2.31 bits per heavy atom. The molecule has 1 fully saturated rings. The number of carbonyl (C=O) groups is 2. The monoisotopic (exact) mass is 382 g/mol. The zero-order valence-electron chi connectivity index (χ0n) is 15.5. The number of esters is 1. The summed E-state index contributed by atoms with van der Waals surface area (Å²) in [5.74, 6) is 1.02. The second kappa shape index (κ2) is 11.9. The molecule has 0 saturated heterocycles. The van der Waals surface area contributed by atoms with Gasteiger partial charge >= 0.3 is 5.97 Å². The largest absolute Gasteiger partial charge is 0.469 e. The lowest BCUT2D eigenvalue weighted by Crippen LogP contribution is -2.31. The van der Waals surface area contributed by atoms with E-state index < -0.39 is 0 Å². The molecule has 0 unspecified atom stereocenters. The molecule has 26 heavy (non-hydrogen) atoms. The summed E-state index contributed by atoms with van der Waals surface area (Å²) in [4.78, 5) is 23.5. The molecule has 1 saturated carbocycles. The third-order valence-electron chi connectivity index (χ3n) is 5.15. The second-order valence-electron chi connectivity index (χ2n) is 6.95. The molecule has 0 heterocycles. The minimum Gasteiger partial charge on any atom is -0.469 e. The zero-order chi connectivity index (χ0) is 18.1. The summed E-state index contributed by atoms with van der Waals surface area (Å²) in [6, 6.07) is 7.66. The molecular formula is C20H31ClN2O3. The molecule has 2 rings (SSSR count). The Morgan fingerprint density at radius 1 is 1.12 bits per heavy atom. The fraction of sp³-hybridized carbons (Fsp3) is 0.600. The molecule has 0 radical (unpaired) electrons. The third-order valence-corrected chi connectivity index (χ3v) is 5.15. The minimum atomic E-state index is -0.119. The van der Waals surface area contributed by atoms with Crippen molar-refractivity contribution in [2.75, 3.05) is 20.2 Å². The molecule has 146 valence electrons. The number of amides is 1. The van der Waals surface area contributed by atoms with Crippen molar-refractivity contribution in [3.8, 4) is 0 Å². The highest BCUT2D eigenvalue weighted by atomic mass is 35.5. The molecule has 0 spiro atoms. The number of hydrogen-bond donors (Lipinski definition) is 2. The highest BCUT2D eigenvalue weighted by molar-refractivity contribution is 5.94. The number of benzene rings is 1. The van der Waals surface area contributed by atoms with E-state index in [1.54, 1.807) is 0 Å². The first kappa shape index (κ1) is 22.5. The molecule has 1 aromatic rings. The van der Waals surface area contributed by atoms with Crippen molar-refractivity contribution in [3.05, 3.63) is 35.4 Å². The predicted molar refractivity (Wildman–Crippen MR) is 105 cm³/mol. The molecule has 5 nitrogen and oxygen atoms in total.